The van der Waals surface area contributed by atoms with Crippen LogP contribution in [0.15, 0.2) is 0 Å². The maximum absolute atomic E-state index is 13.0. The molecule has 0 amide bonds. The summed E-state index contributed by atoms with van der Waals surface area (Å²) >= 11 is 0. The van der Waals surface area contributed by atoms with Gasteiger partial charge in [-0.2, -0.15) is 0 Å². The van der Waals surface area contributed by atoms with Crippen LogP contribution in [-0.2, 0) is 65.4 Å². The van der Waals surface area contributed by atoms with E-state index in [1.165, 1.54) is 173 Å². The van der Waals surface area contributed by atoms with E-state index in [1.54, 1.807) is 0 Å². The Hall–Kier alpha value is -1.94. The van der Waals surface area contributed by atoms with E-state index in [-0.39, 0.29) is 25.7 Å². The number of phosphoric ester groups is 2. The molecule has 0 aromatic carbocycles. The highest BCUT2D eigenvalue weighted by Gasteiger charge is 2.30. The van der Waals surface area contributed by atoms with Gasteiger partial charge in [-0.05, 0) is 43.4 Å². The minimum atomic E-state index is -4.95. The van der Waals surface area contributed by atoms with E-state index in [9.17, 15) is 43.2 Å². The van der Waals surface area contributed by atoms with Crippen molar-refractivity contribution >= 4 is 39.5 Å². The molecule has 0 spiro atoms. The van der Waals surface area contributed by atoms with Crippen LogP contribution >= 0.6 is 15.6 Å². The predicted octanol–water partition coefficient (Wildman–Crippen LogP) is 20.6. The van der Waals surface area contributed by atoms with E-state index in [1.807, 2.05) is 0 Å². The molecule has 0 aliphatic carbocycles. The quantitative estimate of drug-likeness (QED) is 0.0222. The number of aliphatic hydroxyl groups excluding tert-OH is 1. The highest BCUT2D eigenvalue weighted by molar-refractivity contribution is 7.47. The lowest BCUT2D eigenvalue weighted by Crippen LogP contribution is -2.30. The Morgan fingerprint density at radius 1 is 0.297 bits per heavy atom. The van der Waals surface area contributed by atoms with Gasteiger partial charge in [0.2, 0.25) is 0 Å². The summed E-state index contributed by atoms with van der Waals surface area (Å²) in [5.41, 5.74) is 0. The maximum atomic E-state index is 13.0. The molecule has 5 atom stereocenters. The average molecular weight is 1340 g/mol. The van der Waals surface area contributed by atoms with E-state index in [0.29, 0.717) is 25.7 Å². The van der Waals surface area contributed by atoms with Gasteiger partial charge in [0.15, 0.2) is 12.2 Å². The molecular formula is C72H140O17P2. The van der Waals surface area contributed by atoms with Gasteiger partial charge in [0.25, 0.3) is 0 Å². The highest BCUT2D eigenvalue weighted by Crippen LogP contribution is 2.45. The van der Waals surface area contributed by atoms with E-state index < -0.39 is 97.5 Å². The van der Waals surface area contributed by atoms with Crippen LogP contribution in [0.5, 0.6) is 0 Å². The molecule has 17 nitrogen and oxygen atoms in total. The minimum absolute atomic E-state index is 0.106. The fourth-order valence-electron chi connectivity index (χ4n) is 10.9. The summed E-state index contributed by atoms with van der Waals surface area (Å²) in [5, 5.41) is 10.6. The second kappa shape index (κ2) is 62.8. The summed E-state index contributed by atoms with van der Waals surface area (Å²) in [6.45, 7) is 11.9. The first-order valence-corrected chi connectivity index (χ1v) is 40.3. The number of unbranched alkanes of at least 4 members (excludes halogenated alkanes) is 38. The van der Waals surface area contributed by atoms with Gasteiger partial charge in [0.1, 0.15) is 19.3 Å². The standard InChI is InChI=1S/C72H140O17P2/c1-8-9-10-11-12-13-25-32-39-46-53-69(74)82-59-67(89-72(77)56-49-42-35-28-21-19-24-31-38-45-52-65(6)7)61-86-90(78,79)84-57-66(73)58-85-91(80,81)87-62-68(60-83-70(75)54-47-40-33-26-20-18-23-30-37-44-51-64(4)5)88-71(76)55-48-41-34-27-17-15-14-16-22-29-36-43-50-63(2)3/h63-68,73H,8-62H2,1-7H3,(H,78,79)(H,80,81)/t66-,67+,68+/m0/s1. The number of aliphatic hydroxyl groups is 1. The van der Waals surface area contributed by atoms with Crippen LogP contribution in [0.2, 0.25) is 0 Å². The van der Waals surface area contributed by atoms with Gasteiger partial charge in [-0.1, -0.05) is 312 Å². The van der Waals surface area contributed by atoms with Crippen molar-refractivity contribution in [1.82, 2.24) is 0 Å². The molecular weight excluding hydrogens is 1200 g/mol. The number of carbonyl (C=O) groups is 4. The van der Waals surface area contributed by atoms with Gasteiger partial charge in [0.05, 0.1) is 26.4 Å². The van der Waals surface area contributed by atoms with E-state index in [0.717, 1.165) is 108 Å². The predicted molar refractivity (Wildman–Crippen MR) is 368 cm³/mol. The number of rotatable bonds is 70. The maximum Gasteiger partial charge on any atom is 0.472 e. The van der Waals surface area contributed by atoms with Gasteiger partial charge >= 0.3 is 39.5 Å². The molecule has 91 heavy (non-hydrogen) atoms. The SMILES string of the molecule is CCCCCCCCCCCCC(=O)OC[C@H](COP(=O)(O)OC[C@H](O)COP(=O)(O)OC[C@@H](COC(=O)CCCCCCCCCCCCC(C)C)OC(=O)CCCCCCCCCCCCCCC(C)C)OC(=O)CCCCCCCCCCCCC(C)C. The highest BCUT2D eigenvalue weighted by atomic mass is 31.2. The molecule has 0 radical (unpaired) electrons. The zero-order valence-electron chi connectivity index (χ0n) is 59.3. The molecule has 0 rings (SSSR count). The molecule has 0 fully saturated rings. The smallest absolute Gasteiger partial charge is 0.462 e. The molecule has 540 valence electrons. The Bertz CT molecular complexity index is 1780. The normalized spacial score (nSPS) is 14.2. The van der Waals surface area contributed by atoms with Gasteiger partial charge in [0, 0.05) is 25.7 Å². The van der Waals surface area contributed by atoms with Gasteiger partial charge in [-0.15, -0.1) is 0 Å². The van der Waals surface area contributed by atoms with E-state index >= 15 is 0 Å². The van der Waals surface area contributed by atoms with Crippen molar-refractivity contribution in [2.75, 3.05) is 39.6 Å². The largest absolute Gasteiger partial charge is 0.472 e. The molecule has 2 unspecified atom stereocenters. The number of hydrogen-bond donors (Lipinski definition) is 3. The summed E-state index contributed by atoms with van der Waals surface area (Å²) in [6, 6.07) is 0. The average Bonchev–Trinajstić information content (AvgIpc) is 3.23. The van der Waals surface area contributed by atoms with Crippen LogP contribution in [-0.4, -0.2) is 96.7 Å². The Morgan fingerprint density at radius 3 is 0.747 bits per heavy atom. The number of esters is 4. The number of carbonyl (C=O) groups excluding carboxylic acids is 4. The van der Waals surface area contributed by atoms with Crippen molar-refractivity contribution in [3.05, 3.63) is 0 Å². The van der Waals surface area contributed by atoms with Gasteiger partial charge in [-0.25, -0.2) is 9.13 Å². The first-order valence-electron chi connectivity index (χ1n) is 37.3. The fraction of sp³-hybridized carbons (Fsp3) is 0.944. The molecule has 0 aliphatic rings. The lowest BCUT2D eigenvalue weighted by Gasteiger charge is -2.21. The molecule has 0 bridgehead atoms. The number of ether oxygens (including phenoxy) is 4. The van der Waals surface area contributed by atoms with E-state index in [2.05, 4.69) is 48.5 Å². The number of hydrogen-bond acceptors (Lipinski definition) is 15. The first kappa shape index (κ1) is 89.1. The third kappa shape index (κ3) is 66.5. The Labute approximate surface area is 556 Å². The first-order chi connectivity index (χ1) is 43.7. The summed E-state index contributed by atoms with van der Waals surface area (Å²) in [5.74, 6) is 0.165. The molecule has 0 aromatic heterocycles. The monoisotopic (exact) mass is 1340 g/mol. The van der Waals surface area contributed by atoms with Crippen LogP contribution in [0.4, 0.5) is 0 Å². The van der Waals surface area contributed by atoms with Crippen LogP contribution in [0.3, 0.4) is 0 Å². The molecule has 19 heteroatoms. The van der Waals surface area contributed by atoms with Crippen LogP contribution in [0, 0.1) is 17.8 Å². The molecule has 0 aromatic rings. The zero-order chi connectivity index (χ0) is 67.3. The van der Waals surface area contributed by atoms with Crippen LogP contribution in [0.25, 0.3) is 0 Å². The van der Waals surface area contributed by atoms with Crippen LogP contribution in [0.1, 0.15) is 363 Å². The topological polar surface area (TPSA) is 237 Å². The van der Waals surface area contributed by atoms with Crippen molar-refractivity contribution in [3.8, 4) is 0 Å². The molecule has 0 heterocycles. The third-order valence-electron chi connectivity index (χ3n) is 16.6. The lowest BCUT2D eigenvalue weighted by atomic mass is 10.0. The summed E-state index contributed by atoms with van der Waals surface area (Å²) in [7, 11) is -9.90. The second-order valence-corrected chi connectivity index (χ2v) is 30.3. The van der Waals surface area contributed by atoms with Crippen molar-refractivity contribution in [1.29, 1.82) is 0 Å². The molecule has 0 saturated carbocycles. The molecule has 3 N–H and O–H groups in total. The number of phosphoric acid groups is 2. The zero-order valence-corrected chi connectivity index (χ0v) is 61.1. The van der Waals surface area contributed by atoms with Crippen molar-refractivity contribution < 1.29 is 80.2 Å². The molecule has 0 aliphatic heterocycles. The second-order valence-electron chi connectivity index (χ2n) is 27.4. The van der Waals surface area contributed by atoms with E-state index in [4.69, 9.17) is 37.0 Å². The minimum Gasteiger partial charge on any atom is -0.462 e. The lowest BCUT2D eigenvalue weighted by molar-refractivity contribution is -0.161. The summed E-state index contributed by atoms with van der Waals surface area (Å²) in [6.07, 6.45) is 47.1. The third-order valence-corrected chi connectivity index (χ3v) is 18.5. The summed E-state index contributed by atoms with van der Waals surface area (Å²) in [4.78, 5) is 72.6. The van der Waals surface area contributed by atoms with Gasteiger partial charge in [-0.3, -0.25) is 37.3 Å². The van der Waals surface area contributed by atoms with Crippen molar-refractivity contribution in [3.63, 3.8) is 0 Å². The summed E-state index contributed by atoms with van der Waals surface area (Å²) < 4.78 is 68.4. The molecule has 0 saturated heterocycles. The van der Waals surface area contributed by atoms with Gasteiger partial charge < -0.3 is 33.8 Å². The van der Waals surface area contributed by atoms with Crippen molar-refractivity contribution in [2.45, 2.75) is 381 Å². The Morgan fingerprint density at radius 2 is 0.505 bits per heavy atom. The fourth-order valence-corrected chi connectivity index (χ4v) is 12.5. The Kier molecular flexibility index (Phi) is 61.5. The van der Waals surface area contributed by atoms with Crippen LogP contribution < -0.4 is 0 Å². The Balaban J connectivity index is 5.26. The van der Waals surface area contributed by atoms with Crippen molar-refractivity contribution in [2.24, 2.45) is 17.8 Å².